The summed E-state index contributed by atoms with van der Waals surface area (Å²) in [5, 5.41) is 3.41. The van der Waals surface area contributed by atoms with E-state index in [1.165, 1.54) is 5.56 Å². The van der Waals surface area contributed by atoms with Crippen LogP contribution in [0.1, 0.15) is 25.8 Å². The molecule has 1 saturated heterocycles. The molecule has 1 unspecified atom stereocenters. The first kappa shape index (κ1) is 13.3. The molecule has 0 saturated carbocycles. The number of hydrogen-bond acceptors (Lipinski definition) is 4. The van der Waals surface area contributed by atoms with E-state index in [9.17, 15) is 0 Å². The predicted octanol–water partition coefficient (Wildman–Crippen LogP) is 1.99. The molecule has 0 spiro atoms. The monoisotopic (exact) mass is 250 g/mol. The molecule has 1 aromatic heterocycles. The minimum atomic E-state index is 0.163. The maximum absolute atomic E-state index is 5.78. The van der Waals surface area contributed by atoms with E-state index in [0.717, 1.165) is 26.1 Å². The molecule has 1 aromatic rings. The Balaban J connectivity index is 1.84. The van der Waals surface area contributed by atoms with E-state index in [1.807, 2.05) is 12.1 Å². The molecular weight excluding hydrogens is 228 g/mol. The normalized spacial score (nSPS) is 19.4. The fraction of sp³-hybridized carbons (Fsp3) is 0.643. The average molecular weight is 250 g/mol. The van der Waals surface area contributed by atoms with Crippen LogP contribution in [-0.4, -0.2) is 30.8 Å². The largest absolute Gasteiger partial charge is 0.472 e. The summed E-state index contributed by atoms with van der Waals surface area (Å²) >= 11 is 0. The number of rotatable bonds is 6. The maximum atomic E-state index is 5.78. The zero-order valence-corrected chi connectivity index (χ0v) is 11.2. The van der Waals surface area contributed by atoms with Gasteiger partial charge in [0, 0.05) is 25.2 Å². The van der Waals surface area contributed by atoms with Gasteiger partial charge in [0.1, 0.15) is 6.10 Å². The molecule has 1 aliphatic heterocycles. The SMILES string of the molecule is CC(C)CNCc1ccnc(OC2CCOC2)c1. The fourth-order valence-electron chi connectivity index (χ4n) is 1.91. The molecule has 1 fully saturated rings. The van der Waals surface area contributed by atoms with Crippen molar-refractivity contribution in [3.63, 3.8) is 0 Å². The van der Waals surface area contributed by atoms with Gasteiger partial charge in [-0.3, -0.25) is 0 Å². The van der Waals surface area contributed by atoms with Crippen molar-refractivity contribution >= 4 is 0 Å². The van der Waals surface area contributed by atoms with Gasteiger partial charge >= 0.3 is 0 Å². The van der Waals surface area contributed by atoms with Crippen LogP contribution in [0.5, 0.6) is 5.88 Å². The smallest absolute Gasteiger partial charge is 0.213 e. The predicted molar refractivity (Wildman–Crippen MR) is 70.6 cm³/mol. The lowest BCUT2D eigenvalue weighted by Crippen LogP contribution is -2.19. The van der Waals surface area contributed by atoms with E-state index in [1.54, 1.807) is 6.20 Å². The van der Waals surface area contributed by atoms with Crippen LogP contribution in [0.2, 0.25) is 0 Å². The van der Waals surface area contributed by atoms with Crippen LogP contribution in [0.4, 0.5) is 0 Å². The lowest BCUT2D eigenvalue weighted by molar-refractivity contribution is 0.138. The summed E-state index contributed by atoms with van der Waals surface area (Å²) in [5.74, 6) is 1.37. The molecule has 18 heavy (non-hydrogen) atoms. The first-order chi connectivity index (χ1) is 8.74. The molecule has 0 aliphatic carbocycles. The van der Waals surface area contributed by atoms with Crippen molar-refractivity contribution in [3.8, 4) is 5.88 Å². The van der Waals surface area contributed by atoms with E-state index < -0.39 is 0 Å². The molecular formula is C14H22N2O2. The Bertz CT molecular complexity index is 363. The highest BCUT2D eigenvalue weighted by Gasteiger charge is 2.17. The lowest BCUT2D eigenvalue weighted by Gasteiger charge is -2.12. The van der Waals surface area contributed by atoms with Crippen molar-refractivity contribution in [2.45, 2.75) is 32.9 Å². The van der Waals surface area contributed by atoms with Crippen molar-refractivity contribution in [3.05, 3.63) is 23.9 Å². The van der Waals surface area contributed by atoms with Crippen LogP contribution in [0.25, 0.3) is 0 Å². The van der Waals surface area contributed by atoms with Gasteiger partial charge in [-0.25, -0.2) is 4.98 Å². The van der Waals surface area contributed by atoms with Crippen LogP contribution in [-0.2, 0) is 11.3 Å². The number of nitrogens with one attached hydrogen (secondary N) is 1. The van der Waals surface area contributed by atoms with Crippen LogP contribution in [0, 0.1) is 5.92 Å². The molecule has 0 radical (unpaired) electrons. The Kier molecular flexibility index (Phi) is 4.96. The second-order valence-electron chi connectivity index (χ2n) is 5.13. The molecule has 2 heterocycles. The molecule has 4 heteroatoms. The Hall–Kier alpha value is -1.13. The second kappa shape index (κ2) is 6.71. The minimum absolute atomic E-state index is 0.163. The van der Waals surface area contributed by atoms with Crippen molar-refractivity contribution in [2.75, 3.05) is 19.8 Å². The van der Waals surface area contributed by atoms with Crippen molar-refractivity contribution < 1.29 is 9.47 Å². The highest BCUT2D eigenvalue weighted by Crippen LogP contribution is 2.15. The summed E-state index contributed by atoms with van der Waals surface area (Å²) < 4.78 is 11.1. The van der Waals surface area contributed by atoms with Crippen molar-refractivity contribution in [2.24, 2.45) is 5.92 Å². The summed E-state index contributed by atoms with van der Waals surface area (Å²) in [5.41, 5.74) is 1.21. The van der Waals surface area contributed by atoms with Crippen LogP contribution >= 0.6 is 0 Å². The van der Waals surface area contributed by atoms with Gasteiger partial charge in [-0.15, -0.1) is 0 Å². The van der Waals surface area contributed by atoms with Gasteiger partial charge in [-0.1, -0.05) is 13.8 Å². The first-order valence-electron chi connectivity index (χ1n) is 6.64. The summed E-state index contributed by atoms with van der Waals surface area (Å²) in [6.45, 7) is 7.76. The molecule has 100 valence electrons. The highest BCUT2D eigenvalue weighted by atomic mass is 16.5. The first-order valence-corrected chi connectivity index (χ1v) is 6.64. The zero-order valence-electron chi connectivity index (χ0n) is 11.2. The minimum Gasteiger partial charge on any atom is -0.472 e. The Labute approximate surface area is 109 Å². The van der Waals surface area contributed by atoms with Gasteiger partial charge in [-0.2, -0.15) is 0 Å². The lowest BCUT2D eigenvalue weighted by atomic mass is 10.2. The molecule has 0 aromatic carbocycles. The number of hydrogen-bond donors (Lipinski definition) is 1. The third-order valence-corrected chi connectivity index (χ3v) is 2.86. The number of nitrogens with zero attached hydrogens (tertiary/aromatic N) is 1. The Morgan fingerprint density at radius 3 is 3.17 bits per heavy atom. The summed E-state index contributed by atoms with van der Waals surface area (Å²) in [6.07, 6.45) is 2.92. The van der Waals surface area contributed by atoms with E-state index >= 15 is 0 Å². The van der Waals surface area contributed by atoms with E-state index in [2.05, 4.69) is 24.1 Å². The standard InChI is InChI=1S/C14H22N2O2/c1-11(2)8-15-9-12-3-5-16-14(7-12)18-13-4-6-17-10-13/h3,5,7,11,13,15H,4,6,8-10H2,1-2H3. The van der Waals surface area contributed by atoms with Crippen LogP contribution in [0.15, 0.2) is 18.3 Å². The van der Waals surface area contributed by atoms with Crippen molar-refractivity contribution in [1.29, 1.82) is 0 Å². The maximum Gasteiger partial charge on any atom is 0.213 e. The third-order valence-electron chi connectivity index (χ3n) is 2.86. The topological polar surface area (TPSA) is 43.4 Å². The number of pyridine rings is 1. The van der Waals surface area contributed by atoms with Gasteiger partial charge in [0.2, 0.25) is 5.88 Å². The fourth-order valence-corrected chi connectivity index (χ4v) is 1.91. The van der Waals surface area contributed by atoms with Gasteiger partial charge in [0.15, 0.2) is 0 Å². The summed E-state index contributed by atoms with van der Waals surface area (Å²) in [7, 11) is 0. The van der Waals surface area contributed by atoms with Crippen LogP contribution in [0.3, 0.4) is 0 Å². The second-order valence-corrected chi connectivity index (χ2v) is 5.13. The van der Waals surface area contributed by atoms with E-state index in [4.69, 9.17) is 9.47 Å². The molecule has 2 rings (SSSR count). The third kappa shape index (κ3) is 4.27. The number of ether oxygens (including phenoxy) is 2. The summed E-state index contributed by atoms with van der Waals surface area (Å²) in [6, 6.07) is 4.02. The molecule has 1 aliphatic rings. The molecule has 1 atom stereocenters. The Morgan fingerprint density at radius 1 is 1.56 bits per heavy atom. The molecule has 0 bridgehead atoms. The highest BCUT2D eigenvalue weighted by molar-refractivity contribution is 5.20. The van der Waals surface area contributed by atoms with Gasteiger partial charge in [-0.05, 0) is 24.1 Å². The number of aromatic nitrogens is 1. The summed E-state index contributed by atoms with van der Waals surface area (Å²) in [4.78, 5) is 4.24. The van der Waals surface area contributed by atoms with Gasteiger partial charge in [0.05, 0.1) is 13.2 Å². The molecule has 0 amide bonds. The van der Waals surface area contributed by atoms with Crippen LogP contribution < -0.4 is 10.1 Å². The van der Waals surface area contributed by atoms with Crippen molar-refractivity contribution in [1.82, 2.24) is 10.3 Å². The molecule has 4 nitrogen and oxygen atoms in total. The Morgan fingerprint density at radius 2 is 2.44 bits per heavy atom. The van der Waals surface area contributed by atoms with E-state index in [-0.39, 0.29) is 6.10 Å². The van der Waals surface area contributed by atoms with Gasteiger partial charge < -0.3 is 14.8 Å². The average Bonchev–Trinajstić information content (AvgIpc) is 2.82. The quantitative estimate of drug-likeness (QED) is 0.838. The van der Waals surface area contributed by atoms with Gasteiger partial charge in [0.25, 0.3) is 0 Å². The zero-order chi connectivity index (χ0) is 12.8. The molecule has 1 N–H and O–H groups in total. The van der Waals surface area contributed by atoms with E-state index in [0.29, 0.717) is 18.4 Å².